The number of nitrogens with zero attached hydrogens (tertiary/aromatic N) is 2. The van der Waals surface area contributed by atoms with Crippen LogP contribution in [0.5, 0.6) is 5.88 Å². The fourth-order valence-electron chi connectivity index (χ4n) is 1.77. The molecule has 2 aromatic rings. The number of aliphatic hydroxyl groups is 1. The number of carbonyl (C=O) groups excluding carboxylic acids is 1. The van der Waals surface area contributed by atoms with Crippen LogP contribution in [0, 0.1) is 0 Å². The van der Waals surface area contributed by atoms with Gasteiger partial charge in [0.1, 0.15) is 6.61 Å². The first-order valence-electron chi connectivity index (χ1n) is 7.38. The van der Waals surface area contributed by atoms with Crippen molar-refractivity contribution < 1.29 is 14.6 Å². The number of carbonyl (C=O) groups is 1. The Kier molecular flexibility index (Phi) is 6.41. The molecule has 0 spiro atoms. The Morgan fingerprint density at radius 3 is 2.48 bits per heavy atom. The van der Waals surface area contributed by atoms with Gasteiger partial charge in [-0.2, -0.15) is 0 Å². The lowest BCUT2D eigenvalue weighted by Crippen LogP contribution is -2.48. The van der Waals surface area contributed by atoms with Crippen LogP contribution in [0.1, 0.15) is 19.4 Å². The topological polar surface area (TPSA) is 96.4 Å². The van der Waals surface area contributed by atoms with Gasteiger partial charge < -0.3 is 15.2 Å². The Hall–Kier alpha value is -2.09. The summed E-state index contributed by atoms with van der Waals surface area (Å²) in [5.41, 5.74) is -0.0881. The molecule has 0 saturated heterocycles. The first kappa shape index (κ1) is 19.2. The minimum absolute atomic E-state index is 0.144. The molecule has 0 saturated carbocycles. The number of hydrogen-bond acceptors (Lipinski definition) is 5. The number of benzene rings is 1. The minimum atomic E-state index is -0.741. The molecule has 0 fully saturated rings. The Morgan fingerprint density at radius 2 is 1.92 bits per heavy atom. The lowest BCUT2D eigenvalue weighted by molar-refractivity contribution is 0.187. The van der Waals surface area contributed by atoms with Crippen molar-refractivity contribution in [3.8, 4) is 5.88 Å². The number of urea groups is 1. The average molecular weight is 385 g/mol. The molecule has 0 aliphatic heterocycles. The van der Waals surface area contributed by atoms with E-state index in [-0.39, 0.29) is 24.9 Å². The van der Waals surface area contributed by atoms with Gasteiger partial charge in [-0.05, 0) is 26.0 Å². The third kappa shape index (κ3) is 5.74. The van der Waals surface area contributed by atoms with Crippen molar-refractivity contribution in [2.75, 3.05) is 11.9 Å². The molecule has 3 N–H and O–H groups in total. The van der Waals surface area contributed by atoms with Crippen LogP contribution in [0.4, 0.5) is 10.6 Å². The van der Waals surface area contributed by atoms with Crippen molar-refractivity contribution in [1.29, 1.82) is 0 Å². The van der Waals surface area contributed by atoms with E-state index in [2.05, 4.69) is 20.6 Å². The summed E-state index contributed by atoms with van der Waals surface area (Å²) in [5, 5.41) is 15.3. The number of hydrogen-bond donors (Lipinski definition) is 3. The van der Waals surface area contributed by atoms with Crippen molar-refractivity contribution >= 4 is 35.1 Å². The normalized spacial score (nSPS) is 11.1. The molecular formula is C16H18Cl2N4O3. The molecule has 1 aromatic heterocycles. The van der Waals surface area contributed by atoms with E-state index in [4.69, 9.17) is 33.0 Å². The molecule has 0 unspecified atom stereocenters. The molecule has 7 nitrogen and oxygen atoms in total. The number of amides is 2. The zero-order chi connectivity index (χ0) is 18.4. The van der Waals surface area contributed by atoms with E-state index < -0.39 is 11.6 Å². The van der Waals surface area contributed by atoms with Gasteiger partial charge in [0.05, 0.1) is 24.5 Å². The summed E-state index contributed by atoms with van der Waals surface area (Å²) in [7, 11) is 0. The zero-order valence-corrected chi connectivity index (χ0v) is 15.2. The predicted molar refractivity (Wildman–Crippen MR) is 96.1 cm³/mol. The Labute approximate surface area is 155 Å². The van der Waals surface area contributed by atoms with Crippen molar-refractivity contribution in [2.45, 2.75) is 26.0 Å². The largest absolute Gasteiger partial charge is 0.472 e. The maximum absolute atomic E-state index is 11.8. The van der Waals surface area contributed by atoms with Crippen molar-refractivity contribution in [1.82, 2.24) is 15.3 Å². The summed E-state index contributed by atoms with van der Waals surface area (Å²) in [6.45, 7) is 3.33. The lowest BCUT2D eigenvalue weighted by Gasteiger charge is -2.23. The number of ether oxygens (including phenoxy) is 1. The van der Waals surface area contributed by atoms with Crippen molar-refractivity contribution in [2.24, 2.45) is 0 Å². The maximum Gasteiger partial charge on any atom is 0.320 e. The monoisotopic (exact) mass is 384 g/mol. The van der Waals surface area contributed by atoms with E-state index in [1.165, 1.54) is 12.4 Å². The van der Waals surface area contributed by atoms with Gasteiger partial charge in [-0.25, -0.2) is 14.8 Å². The number of anilines is 1. The van der Waals surface area contributed by atoms with Crippen molar-refractivity contribution in [3.63, 3.8) is 0 Å². The minimum Gasteiger partial charge on any atom is -0.472 e. The molecule has 1 aromatic carbocycles. The summed E-state index contributed by atoms with van der Waals surface area (Å²) >= 11 is 12.1. The van der Waals surface area contributed by atoms with Gasteiger partial charge in [-0.1, -0.05) is 29.3 Å². The Bertz CT molecular complexity index is 718. The van der Waals surface area contributed by atoms with Gasteiger partial charge in [0.25, 0.3) is 0 Å². The summed E-state index contributed by atoms with van der Waals surface area (Å²) in [6.07, 6.45) is 2.73. The Morgan fingerprint density at radius 1 is 1.24 bits per heavy atom. The molecule has 9 heteroatoms. The fraction of sp³-hybridized carbons (Fsp3) is 0.312. The van der Waals surface area contributed by atoms with Crippen LogP contribution < -0.4 is 15.4 Å². The van der Waals surface area contributed by atoms with Gasteiger partial charge in [0, 0.05) is 15.6 Å². The lowest BCUT2D eigenvalue weighted by atomic mass is 10.1. The highest BCUT2D eigenvalue weighted by Gasteiger charge is 2.19. The second-order valence-corrected chi connectivity index (χ2v) is 6.66. The molecule has 0 atom stereocenters. The second kappa shape index (κ2) is 8.33. The maximum atomic E-state index is 11.8. The fourth-order valence-corrected chi connectivity index (χ4v) is 2.27. The van der Waals surface area contributed by atoms with Crippen LogP contribution in [-0.4, -0.2) is 33.3 Å². The highest BCUT2D eigenvalue weighted by molar-refractivity contribution is 6.35. The van der Waals surface area contributed by atoms with E-state index in [1.54, 1.807) is 32.0 Å². The molecule has 2 amide bonds. The smallest absolute Gasteiger partial charge is 0.320 e. The van der Waals surface area contributed by atoms with Gasteiger partial charge >= 0.3 is 6.03 Å². The van der Waals surface area contributed by atoms with Gasteiger partial charge in [0.15, 0.2) is 5.82 Å². The summed E-state index contributed by atoms with van der Waals surface area (Å²) in [4.78, 5) is 19.9. The van der Waals surface area contributed by atoms with Gasteiger partial charge in [-0.15, -0.1) is 0 Å². The van der Waals surface area contributed by atoms with Gasteiger partial charge in [0.2, 0.25) is 5.88 Å². The van der Waals surface area contributed by atoms with Crippen LogP contribution in [0.15, 0.2) is 30.6 Å². The van der Waals surface area contributed by atoms with E-state index in [0.29, 0.717) is 15.6 Å². The molecule has 0 aliphatic carbocycles. The zero-order valence-electron chi connectivity index (χ0n) is 13.7. The van der Waals surface area contributed by atoms with E-state index in [9.17, 15) is 4.79 Å². The van der Waals surface area contributed by atoms with Crippen LogP contribution in [-0.2, 0) is 6.61 Å². The first-order chi connectivity index (χ1) is 11.8. The van der Waals surface area contributed by atoms with Crippen LogP contribution in [0.3, 0.4) is 0 Å². The molecule has 2 rings (SSSR count). The highest BCUT2D eigenvalue weighted by atomic mass is 35.5. The average Bonchev–Trinajstić information content (AvgIpc) is 2.55. The first-order valence-corrected chi connectivity index (χ1v) is 8.14. The summed E-state index contributed by atoms with van der Waals surface area (Å²) in [5.74, 6) is 0.506. The van der Waals surface area contributed by atoms with Gasteiger partial charge in [-0.3, -0.25) is 5.32 Å². The Balaban J connectivity index is 1.93. The number of rotatable bonds is 6. The van der Waals surface area contributed by atoms with Crippen LogP contribution >= 0.6 is 23.2 Å². The van der Waals surface area contributed by atoms with Crippen LogP contribution in [0.25, 0.3) is 0 Å². The molecule has 1 heterocycles. The van der Waals surface area contributed by atoms with E-state index >= 15 is 0 Å². The molecule has 134 valence electrons. The number of aromatic nitrogens is 2. The third-order valence-corrected chi connectivity index (χ3v) is 3.85. The predicted octanol–water partition coefficient (Wildman–Crippen LogP) is 3.25. The molecule has 25 heavy (non-hydrogen) atoms. The summed E-state index contributed by atoms with van der Waals surface area (Å²) in [6, 6.07) is 4.69. The van der Waals surface area contributed by atoms with E-state index in [1.807, 2.05) is 0 Å². The number of nitrogens with one attached hydrogen (secondary N) is 2. The molecule has 0 aliphatic rings. The standard InChI is InChI=1S/C16H18Cl2N4O3/c1-16(2,9-23)22-15(24)21-13-6-20-14(7-19-13)25-8-10-11(17)4-3-5-12(10)18/h3-7,23H,8-9H2,1-2H3,(H2,19,21,22,24). The summed E-state index contributed by atoms with van der Waals surface area (Å²) < 4.78 is 5.51. The SMILES string of the molecule is CC(C)(CO)NC(=O)Nc1cnc(OCc2c(Cl)cccc2Cl)cn1. The van der Waals surface area contributed by atoms with E-state index in [0.717, 1.165) is 0 Å². The number of aliphatic hydroxyl groups excluding tert-OH is 1. The molecule has 0 bridgehead atoms. The highest BCUT2D eigenvalue weighted by Crippen LogP contribution is 2.25. The quantitative estimate of drug-likeness (QED) is 0.709. The molecular weight excluding hydrogens is 367 g/mol. The van der Waals surface area contributed by atoms with Crippen molar-refractivity contribution in [3.05, 3.63) is 46.2 Å². The van der Waals surface area contributed by atoms with Crippen LogP contribution in [0.2, 0.25) is 10.0 Å². The second-order valence-electron chi connectivity index (χ2n) is 5.85. The number of halogens is 2. The molecule has 0 radical (unpaired) electrons. The third-order valence-electron chi connectivity index (χ3n) is 3.14.